The molecule has 0 saturated carbocycles. The molecule has 0 aliphatic heterocycles. The normalized spacial score (nSPS) is 11.0. The van der Waals surface area contributed by atoms with E-state index < -0.39 is 5.97 Å². The smallest absolute Gasteiger partial charge is 0.338 e. The van der Waals surface area contributed by atoms with Crippen LogP contribution in [0.15, 0.2) is 51.9 Å². The third kappa shape index (κ3) is 5.38. The van der Waals surface area contributed by atoms with Gasteiger partial charge < -0.3 is 14.2 Å². The Bertz CT molecular complexity index is 1110. The standard InChI is InChI=1S/C22H23BrN2O5/c1-14(2)8-9-29-18-6-4-15(10-19(18)28-3)22(27)30-13-17-11-21(26)25-12-16(23)5-7-20(25)24-17/h4-7,10-12,14H,8-9,13H2,1-3H3. The molecule has 1 aromatic carbocycles. The molecule has 7 nitrogen and oxygen atoms in total. The first kappa shape index (κ1) is 21.8. The van der Waals surface area contributed by atoms with Gasteiger partial charge in [-0.3, -0.25) is 9.20 Å². The quantitative estimate of drug-likeness (QED) is 0.454. The first-order chi connectivity index (χ1) is 14.4. The highest BCUT2D eigenvalue weighted by molar-refractivity contribution is 9.10. The highest BCUT2D eigenvalue weighted by Gasteiger charge is 2.14. The van der Waals surface area contributed by atoms with Gasteiger partial charge in [-0.25, -0.2) is 9.78 Å². The summed E-state index contributed by atoms with van der Waals surface area (Å²) in [5.41, 5.74) is 0.916. The Labute approximate surface area is 182 Å². The Hall–Kier alpha value is -2.87. The molecule has 0 fully saturated rings. The van der Waals surface area contributed by atoms with E-state index in [0.29, 0.717) is 40.9 Å². The van der Waals surface area contributed by atoms with E-state index in [1.807, 2.05) is 0 Å². The largest absolute Gasteiger partial charge is 0.493 e. The minimum absolute atomic E-state index is 0.115. The Balaban J connectivity index is 1.69. The summed E-state index contributed by atoms with van der Waals surface area (Å²) in [5.74, 6) is 1.02. The highest BCUT2D eigenvalue weighted by atomic mass is 79.9. The Morgan fingerprint density at radius 3 is 2.70 bits per heavy atom. The summed E-state index contributed by atoms with van der Waals surface area (Å²) in [5, 5.41) is 0. The van der Waals surface area contributed by atoms with Crippen LogP contribution >= 0.6 is 15.9 Å². The molecule has 0 amide bonds. The van der Waals surface area contributed by atoms with Gasteiger partial charge >= 0.3 is 5.97 Å². The summed E-state index contributed by atoms with van der Waals surface area (Å²) < 4.78 is 18.6. The van der Waals surface area contributed by atoms with Crippen LogP contribution < -0.4 is 15.0 Å². The highest BCUT2D eigenvalue weighted by Crippen LogP contribution is 2.28. The summed E-state index contributed by atoms with van der Waals surface area (Å²) in [6.07, 6.45) is 2.56. The van der Waals surface area contributed by atoms with Crippen LogP contribution in [0.25, 0.3) is 5.65 Å². The van der Waals surface area contributed by atoms with Gasteiger partial charge in [-0.2, -0.15) is 0 Å². The van der Waals surface area contributed by atoms with E-state index in [0.717, 1.165) is 10.9 Å². The van der Waals surface area contributed by atoms with E-state index in [4.69, 9.17) is 14.2 Å². The number of nitrogens with zero attached hydrogens (tertiary/aromatic N) is 2. The van der Waals surface area contributed by atoms with Gasteiger partial charge in [-0.15, -0.1) is 0 Å². The van der Waals surface area contributed by atoms with Crippen molar-refractivity contribution >= 4 is 27.5 Å². The van der Waals surface area contributed by atoms with Crippen LogP contribution in [-0.4, -0.2) is 29.1 Å². The number of ether oxygens (including phenoxy) is 3. The number of halogens is 1. The molecule has 158 valence electrons. The molecule has 0 radical (unpaired) electrons. The second-order valence-electron chi connectivity index (χ2n) is 7.13. The number of carbonyl (C=O) groups is 1. The Kier molecular flexibility index (Phi) is 7.10. The van der Waals surface area contributed by atoms with Crippen molar-refractivity contribution in [2.24, 2.45) is 5.92 Å². The first-order valence-electron chi connectivity index (χ1n) is 9.53. The number of aromatic nitrogens is 2. The molecule has 2 aromatic heterocycles. The predicted molar refractivity (Wildman–Crippen MR) is 116 cm³/mol. The fourth-order valence-corrected chi connectivity index (χ4v) is 3.08. The lowest BCUT2D eigenvalue weighted by Gasteiger charge is -2.13. The van der Waals surface area contributed by atoms with E-state index >= 15 is 0 Å². The number of pyridine rings is 1. The van der Waals surface area contributed by atoms with Gasteiger partial charge in [0.1, 0.15) is 12.3 Å². The van der Waals surface area contributed by atoms with Crippen LogP contribution in [0.2, 0.25) is 0 Å². The van der Waals surface area contributed by atoms with E-state index in [2.05, 4.69) is 34.8 Å². The number of fused-ring (bicyclic) bond motifs is 1. The third-order valence-electron chi connectivity index (χ3n) is 4.38. The van der Waals surface area contributed by atoms with Crippen molar-refractivity contribution in [3.63, 3.8) is 0 Å². The molecular weight excluding hydrogens is 452 g/mol. The van der Waals surface area contributed by atoms with Crippen LogP contribution in [0.1, 0.15) is 36.3 Å². The van der Waals surface area contributed by atoms with Crippen molar-refractivity contribution in [3.05, 3.63) is 68.7 Å². The van der Waals surface area contributed by atoms with Gasteiger partial charge in [-0.05, 0) is 58.6 Å². The Morgan fingerprint density at radius 1 is 1.17 bits per heavy atom. The second-order valence-corrected chi connectivity index (χ2v) is 8.05. The van der Waals surface area contributed by atoms with E-state index in [1.54, 1.807) is 36.5 Å². The molecule has 3 rings (SSSR count). The van der Waals surface area contributed by atoms with Gasteiger partial charge in [0.25, 0.3) is 5.56 Å². The predicted octanol–water partition coefficient (Wildman–Crippen LogP) is 4.25. The van der Waals surface area contributed by atoms with Crippen molar-refractivity contribution in [3.8, 4) is 11.5 Å². The van der Waals surface area contributed by atoms with Crippen molar-refractivity contribution in [2.45, 2.75) is 26.9 Å². The van der Waals surface area contributed by atoms with E-state index in [9.17, 15) is 9.59 Å². The minimum atomic E-state index is -0.542. The minimum Gasteiger partial charge on any atom is -0.493 e. The second kappa shape index (κ2) is 9.75. The maximum atomic E-state index is 12.5. The van der Waals surface area contributed by atoms with E-state index in [-0.39, 0.29) is 12.2 Å². The molecule has 0 aliphatic rings. The van der Waals surface area contributed by atoms with Gasteiger partial charge in [0.05, 0.1) is 25.0 Å². The molecule has 0 aliphatic carbocycles. The fraction of sp³-hybridized carbons (Fsp3) is 0.318. The number of carbonyl (C=O) groups excluding carboxylic acids is 1. The van der Waals surface area contributed by atoms with Gasteiger partial charge in [-0.1, -0.05) is 13.8 Å². The number of hydrogen-bond acceptors (Lipinski definition) is 6. The van der Waals surface area contributed by atoms with Crippen molar-refractivity contribution in [2.75, 3.05) is 13.7 Å². The molecule has 2 heterocycles. The lowest BCUT2D eigenvalue weighted by atomic mass is 10.1. The average molecular weight is 475 g/mol. The number of methoxy groups -OCH3 is 1. The number of hydrogen-bond donors (Lipinski definition) is 0. The molecule has 0 N–H and O–H groups in total. The summed E-state index contributed by atoms with van der Waals surface area (Å²) in [4.78, 5) is 29.1. The van der Waals surface area contributed by atoms with Gasteiger partial charge in [0, 0.05) is 16.7 Å². The zero-order chi connectivity index (χ0) is 21.7. The molecule has 0 saturated heterocycles. The molecule has 0 bridgehead atoms. The molecule has 30 heavy (non-hydrogen) atoms. The monoisotopic (exact) mass is 474 g/mol. The molecule has 3 aromatic rings. The van der Waals surface area contributed by atoms with Gasteiger partial charge in [0.2, 0.25) is 0 Å². The van der Waals surface area contributed by atoms with E-state index in [1.165, 1.54) is 17.6 Å². The van der Waals surface area contributed by atoms with Crippen molar-refractivity contribution in [1.82, 2.24) is 9.38 Å². The van der Waals surface area contributed by atoms with Gasteiger partial charge in [0.15, 0.2) is 11.5 Å². The fourth-order valence-electron chi connectivity index (χ4n) is 2.74. The topological polar surface area (TPSA) is 79.1 Å². The maximum absolute atomic E-state index is 12.5. The molecular formula is C22H23BrN2O5. The number of rotatable bonds is 8. The SMILES string of the molecule is COc1cc(C(=O)OCc2cc(=O)n3cc(Br)ccc3n2)ccc1OCCC(C)C. The summed E-state index contributed by atoms with van der Waals surface area (Å²) in [6.45, 7) is 4.70. The van der Waals surface area contributed by atoms with Crippen molar-refractivity contribution < 1.29 is 19.0 Å². The van der Waals surface area contributed by atoms with Crippen LogP contribution in [-0.2, 0) is 11.3 Å². The molecule has 8 heteroatoms. The first-order valence-corrected chi connectivity index (χ1v) is 10.3. The third-order valence-corrected chi connectivity index (χ3v) is 4.85. The number of esters is 1. The van der Waals surface area contributed by atoms with Crippen molar-refractivity contribution in [1.29, 1.82) is 0 Å². The summed E-state index contributed by atoms with van der Waals surface area (Å²) in [6, 6.07) is 9.73. The lowest BCUT2D eigenvalue weighted by Crippen LogP contribution is -2.16. The van der Waals surface area contributed by atoms with Crippen LogP contribution in [0.4, 0.5) is 0 Å². The molecule has 0 spiro atoms. The number of benzene rings is 1. The van der Waals surface area contributed by atoms with Crippen LogP contribution in [0.3, 0.4) is 0 Å². The average Bonchev–Trinajstić information content (AvgIpc) is 2.72. The molecule has 0 unspecified atom stereocenters. The van der Waals surface area contributed by atoms with Crippen LogP contribution in [0, 0.1) is 5.92 Å². The molecule has 0 atom stereocenters. The zero-order valence-corrected chi connectivity index (χ0v) is 18.6. The maximum Gasteiger partial charge on any atom is 0.338 e. The lowest BCUT2D eigenvalue weighted by molar-refractivity contribution is 0.0467. The van der Waals surface area contributed by atoms with Crippen LogP contribution in [0.5, 0.6) is 11.5 Å². The Morgan fingerprint density at radius 2 is 1.97 bits per heavy atom. The summed E-state index contributed by atoms with van der Waals surface area (Å²) in [7, 11) is 1.52. The zero-order valence-electron chi connectivity index (χ0n) is 17.1. The summed E-state index contributed by atoms with van der Waals surface area (Å²) >= 11 is 3.32.